The molecule has 0 aliphatic carbocycles. The molecule has 1 aromatic heterocycles. The fraction of sp³-hybridized carbons (Fsp3) is 0.294. The number of Topliss-reactive ketones (excluding diaryl/α,β-unsaturated/α-hetero) is 1. The molecule has 0 fully saturated rings. The minimum Gasteiger partial charge on any atom is -0.341 e. The molecule has 1 heterocycles. The Hall–Kier alpha value is -2.25. The van der Waals surface area contributed by atoms with E-state index in [1.165, 1.54) is 34.4 Å². The van der Waals surface area contributed by atoms with Crippen molar-refractivity contribution in [2.45, 2.75) is 26.3 Å². The van der Waals surface area contributed by atoms with Crippen LogP contribution in [0.5, 0.6) is 0 Å². The van der Waals surface area contributed by atoms with Crippen LogP contribution in [-0.4, -0.2) is 28.6 Å². The van der Waals surface area contributed by atoms with Gasteiger partial charge in [-0.1, -0.05) is 11.6 Å². The fourth-order valence-corrected chi connectivity index (χ4v) is 3.27. The maximum absolute atomic E-state index is 12.2. The van der Waals surface area contributed by atoms with Gasteiger partial charge in [-0.2, -0.15) is 0 Å². The number of halogens is 1. The summed E-state index contributed by atoms with van der Waals surface area (Å²) in [5.74, 6) is -0.280. The predicted molar refractivity (Wildman–Crippen MR) is 97.2 cm³/mol. The third kappa shape index (κ3) is 5.11. The molecule has 25 heavy (non-hydrogen) atoms. The number of carbonyl (C=O) groups excluding carboxylic acids is 2. The van der Waals surface area contributed by atoms with Crippen molar-refractivity contribution in [3.05, 3.63) is 60.8 Å². The number of rotatable bonds is 7. The van der Waals surface area contributed by atoms with Crippen LogP contribution in [0.2, 0.25) is 5.02 Å². The Balaban J connectivity index is 1.95. The van der Waals surface area contributed by atoms with Gasteiger partial charge in [-0.25, -0.2) is 0 Å². The molecule has 0 spiro atoms. The van der Waals surface area contributed by atoms with Crippen molar-refractivity contribution in [1.29, 1.82) is 0 Å². The lowest BCUT2D eigenvalue weighted by Gasteiger charge is -2.17. The minimum atomic E-state index is -0.511. The Morgan fingerprint density at radius 2 is 1.96 bits per heavy atom. The fourth-order valence-electron chi connectivity index (χ4n) is 2.26. The number of non-ortho nitro benzene ring substituents is 1. The van der Waals surface area contributed by atoms with Gasteiger partial charge in [-0.3, -0.25) is 19.7 Å². The van der Waals surface area contributed by atoms with Crippen molar-refractivity contribution in [2.75, 3.05) is 7.05 Å². The van der Waals surface area contributed by atoms with E-state index in [0.717, 1.165) is 4.88 Å². The lowest BCUT2D eigenvalue weighted by Crippen LogP contribution is -2.26. The lowest BCUT2D eigenvalue weighted by atomic mass is 10.1. The third-order valence-electron chi connectivity index (χ3n) is 3.65. The van der Waals surface area contributed by atoms with E-state index in [1.54, 1.807) is 13.1 Å². The van der Waals surface area contributed by atoms with Crippen LogP contribution >= 0.6 is 22.9 Å². The topological polar surface area (TPSA) is 80.5 Å². The first-order valence-corrected chi connectivity index (χ1v) is 8.74. The zero-order valence-electron chi connectivity index (χ0n) is 13.8. The summed E-state index contributed by atoms with van der Waals surface area (Å²) in [5.41, 5.74) is 0.412. The molecule has 1 amide bonds. The zero-order chi connectivity index (χ0) is 18.6. The molecule has 0 saturated carbocycles. The first-order valence-electron chi connectivity index (χ1n) is 7.54. The van der Waals surface area contributed by atoms with Gasteiger partial charge >= 0.3 is 0 Å². The van der Waals surface area contributed by atoms with Gasteiger partial charge in [0.2, 0.25) is 5.91 Å². The highest BCUT2D eigenvalue weighted by Gasteiger charge is 2.16. The zero-order valence-corrected chi connectivity index (χ0v) is 15.4. The van der Waals surface area contributed by atoms with Crippen molar-refractivity contribution in [3.63, 3.8) is 0 Å². The number of hydrogen-bond acceptors (Lipinski definition) is 5. The lowest BCUT2D eigenvalue weighted by molar-refractivity contribution is -0.384. The first kappa shape index (κ1) is 19.1. The van der Waals surface area contributed by atoms with Crippen LogP contribution < -0.4 is 0 Å². The summed E-state index contributed by atoms with van der Waals surface area (Å²) in [7, 11) is 1.58. The molecule has 0 atom stereocenters. The average Bonchev–Trinajstić information content (AvgIpc) is 3.00. The highest BCUT2D eigenvalue weighted by atomic mass is 35.5. The predicted octanol–water partition coefficient (Wildman–Crippen LogP) is 4.24. The van der Waals surface area contributed by atoms with Gasteiger partial charge < -0.3 is 4.90 Å². The van der Waals surface area contributed by atoms with Crippen LogP contribution in [0.1, 0.15) is 33.0 Å². The molecule has 0 N–H and O–H groups in total. The Morgan fingerprint density at radius 1 is 1.24 bits per heavy atom. The SMILES string of the molecule is Cc1ccc(C(=O)CCC(=O)N(C)Cc2cc([N+](=O)[O-])ccc2Cl)s1. The molecular formula is C17H17ClN2O4S. The van der Waals surface area contributed by atoms with Crippen LogP contribution in [0, 0.1) is 17.0 Å². The average molecular weight is 381 g/mol. The van der Waals surface area contributed by atoms with Crippen LogP contribution in [0.25, 0.3) is 0 Å². The molecule has 0 aliphatic rings. The standard InChI is InChI=1S/C17H17ClN2O4S/c1-11-3-7-16(25-11)15(21)6-8-17(22)19(2)10-12-9-13(20(23)24)4-5-14(12)18/h3-5,7,9H,6,8,10H2,1-2H3. The highest BCUT2D eigenvalue weighted by Crippen LogP contribution is 2.23. The van der Waals surface area contributed by atoms with Crippen LogP contribution in [0.15, 0.2) is 30.3 Å². The van der Waals surface area contributed by atoms with E-state index in [9.17, 15) is 19.7 Å². The number of hydrogen-bond donors (Lipinski definition) is 0. The molecule has 0 radical (unpaired) electrons. The summed E-state index contributed by atoms with van der Waals surface area (Å²) in [5, 5.41) is 11.2. The van der Waals surface area contributed by atoms with Gasteiger partial charge in [0.1, 0.15) is 0 Å². The van der Waals surface area contributed by atoms with Gasteiger partial charge in [0, 0.05) is 48.5 Å². The van der Waals surface area contributed by atoms with Crippen molar-refractivity contribution < 1.29 is 14.5 Å². The normalized spacial score (nSPS) is 10.5. The van der Waals surface area contributed by atoms with E-state index in [4.69, 9.17) is 11.6 Å². The molecule has 2 aromatic rings. The Kier molecular flexibility index (Phi) is 6.27. The molecule has 8 heteroatoms. The van der Waals surface area contributed by atoms with E-state index in [2.05, 4.69) is 0 Å². The van der Waals surface area contributed by atoms with Crippen molar-refractivity contribution in [3.8, 4) is 0 Å². The summed E-state index contributed by atoms with van der Waals surface area (Å²) in [6.45, 7) is 2.06. The number of amides is 1. The van der Waals surface area contributed by atoms with E-state index < -0.39 is 4.92 Å². The number of aryl methyl sites for hydroxylation is 1. The summed E-state index contributed by atoms with van der Waals surface area (Å²) in [6, 6.07) is 7.74. The van der Waals surface area contributed by atoms with Crippen LogP contribution in [-0.2, 0) is 11.3 Å². The molecule has 6 nitrogen and oxygen atoms in total. The second-order valence-electron chi connectivity index (χ2n) is 5.62. The van der Waals surface area contributed by atoms with E-state index in [-0.39, 0.29) is 36.8 Å². The monoisotopic (exact) mass is 380 g/mol. The summed E-state index contributed by atoms with van der Waals surface area (Å²) < 4.78 is 0. The Bertz CT molecular complexity index is 819. The smallest absolute Gasteiger partial charge is 0.269 e. The number of ketones is 1. The molecule has 0 unspecified atom stereocenters. The maximum Gasteiger partial charge on any atom is 0.269 e. The minimum absolute atomic E-state index is 0.0618. The van der Waals surface area contributed by atoms with Gasteiger partial charge in [0.15, 0.2) is 5.78 Å². The molecule has 132 valence electrons. The quantitative estimate of drug-likeness (QED) is 0.408. The molecule has 0 aliphatic heterocycles. The van der Waals surface area contributed by atoms with Crippen molar-refractivity contribution in [2.24, 2.45) is 0 Å². The number of nitrogens with zero attached hydrogens (tertiary/aromatic N) is 2. The maximum atomic E-state index is 12.2. The van der Waals surface area contributed by atoms with Crippen LogP contribution in [0.4, 0.5) is 5.69 Å². The number of thiophene rings is 1. The molecule has 0 saturated heterocycles. The third-order valence-corrected chi connectivity index (χ3v) is 5.06. The number of benzene rings is 1. The number of nitro groups is 1. The van der Waals surface area contributed by atoms with E-state index >= 15 is 0 Å². The largest absolute Gasteiger partial charge is 0.341 e. The van der Waals surface area contributed by atoms with Crippen molar-refractivity contribution in [1.82, 2.24) is 4.90 Å². The summed E-state index contributed by atoms with van der Waals surface area (Å²) in [6.07, 6.45) is 0.213. The van der Waals surface area contributed by atoms with E-state index in [1.807, 2.05) is 13.0 Å². The van der Waals surface area contributed by atoms with Gasteiger partial charge in [0.25, 0.3) is 5.69 Å². The second kappa shape index (κ2) is 8.22. The first-order chi connectivity index (χ1) is 11.8. The van der Waals surface area contributed by atoms with Crippen molar-refractivity contribution >= 4 is 40.3 Å². The number of nitro benzene ring substituents is 1. The van der Waals surface area contributed by atoms with E-state index in [0.29, 0.717) is 15.5 Å². The van der Waals surface area contributed by atoms with Gasteiger partial charge in [-0.15, -0.1) is 11.3 Å². The molecule has 2 rings (SSSR count). The Morgan fingerprint density at radius 3 is 2.56 bits per heavy atom. The Labute approximate surface area is 154 Å². The number of carbonyl (C=O) groups is 2. The molecule has 1 aromatic carbocycles. The van der Waals surface area contributed by atoms with Gasteiger partial charge in [0.05, 0.1) is 9.80 Å². The molecular weight excluding hydrogens is 364 g/mol. The molecule has 0 bridgehead atoms. The highest BCUT2D eigenvalue weighted by molar-refractivity contribution is 7.14. The second-order valence-corrected chi connectivity index (χ2v) is 7.31. The summed E-state index contributed by atoms with van der Waals surface area (Å²) in [4.78, 5) is 37.7. The van der Waals surface area contributed by atoms with Crippen LogP contribution in [0.3, 0.4) is 0 Å². The van der Waals surface area contributed by atoms with Gasteiger partial charge in [-0.05, 0) is 30.7 Å². The summed E-state index contributed by atoms with van der Waals surface area (Å²) >= 11 is 7.46.